The number of benzene rings is 1. The average Bonchev–Trinajstić information content (AvgIpc) is 2.54. The van der Waals surface area contributed by atoms with Gasteiger partial charge in [0, 0.05) is 0 Å². The lowest BCUT2D eigenvalue weighted by Gasteiger charge is -2.44. The fourth-order valence-corrected chi connectivity index (χ4v) is 2.32. The standard InChI is InChI=1S/C17H23N3O6/c1-17(2,3)26-16(23)19-13-12(10-24-15(18)22)20(14(13)21)25-9-11-7-5-4-6-8-11/h4-8,12-13H,9-10H2,1-3H3,(H2,18,22)(H,19,23)/t12-,13-/m1/s1. The van der Waals surface area contributed by atoms with Crippen molar-refractivity contribution < 1.29 is 28.7 Å². The summed E-state index contributed by atoms with van der Waals surface area (Å²) < 4.78 is 9.90. The molecule has 1 aromatic rings. The van der Waals surface area contributed by atoms with Crippen molar-refractivity contribution in [2.24, 2.45) is 5.73 Å². The Morgan fingerprint density at radius 3 is 2.46 bits per heavy atom. The molecule has 9 heteroatoms. The number of hydroxylamine groups is 2. The van der Waals surface area contributed by atoms with Crippen molar-refractivity contribution in [3.63, 3.8) is 0 Å². The van der Waals surface area contributed by atoms with E-state index in [1.165, 1.54) is 0 Å². The van der Waals surface area contributed by atoms with Gasteiger partial charge in [0.1, 0.15) is 30.9 Å². The van der Waals surface area contributed by atoms with Gasteiger partial charge in [-0.25, -0.2) is 14.7 Å². The first-order valence-electron chi connectivity index (χ1n) is 8.09. The quantitative estimate of drug-likeness (QED) is 0.734. The van der Waals surface area contributed by atoms with Gasteiger partial charge in [-0.3, -0.25) is 9.63 Å². The van der Waals surface area contributed by atoms with Crippen LogP contribution in [-0.2, 0) is 25.7 Å². The molecule has 0 saturated carbocycles. The Bertz CT molecular complexity index is 658. The summed E-state index contributed by atoms with van der Waals surface area (Å²) in [6.07, 6.45) is -1.73. The molecule has 26 heavy (non-hydrogen) atoms. The number of alkyl carbamates (subject to hydrolysis) is 1. The number of nitrogens with two attached hydrogens (primary N) is 1. The zero-order valence-corrected chi connectivity index (χ0v) is 14.9. The largest absolute Gasteiger partial charge is 0.447 e. The van der Waals surface area contributed by atoms with Gasteiger partial charge in [0.25, 0.3) is 5.91 Å². The minimum Gasteiger partial charge on any atom is -0.447 e. The third-order valence-electron chi connectivity index (χ3n) is 3.45. The van der Waals surface area contributed by atoms with Crippen molar-refractivity contribution in [1.29, 1.82) is 0 Å². The van der Waals surface area contributed by atoms with Crippen LogP contribution in [0.5, 0.6) is 0 Å². The van der Waals surface area contributed by atoms with Gasteiger partial charge in [-0.1, -0.05) is 30.3 Å². The van der Waals surface area contributed by atoms with E-state index in [2.05, 4.69) is 5.32 Å². The molecular formula is C17H23N3O6. The van der Waals surface area contributed by atoms with Crippen LogP contribution >= 0.6 is 0 Å². The second kappa shape index (κ2) is 8.05. The number of rotatable bonds is 6. The van der Waals surface area contributed by atoms with E-state index in [0.29, 0.717) is 0 Å². The molecule has 0 spiro atoms. The van der Waals surface area contributed by atoms with Gasteiger partial charge in [-0.05, 0) is 26.3 Å². The van der Waals surface area contributed by atoms with Crippen molar-refractivity contribution in [2.45, 2.75) is 45.1 Å². The lowest BCUT2D eigenvalue weighted by atomic mass is 9.99. The van der Waals surface area contributed by atoms with E-state index in [-0.39, 0.29) is 13.2 Å². The molecule has 2 rings (SSSR count). The number of nitrogens with one attached hydrogen (secondary N) is 1. The van der Waals surface area contributed by atoms with E-state index in [9.17, 15) is 14.4 Å². The van der Waals surface area contributed by atoms with Gasteiger partial charge < -0.3 is 20.5 Å². The highest BCUT2D eigenvalue weighted by Gasteiger charge is 2.50. The zero-order chi connectivity index (χ0) is 19.3. The van der Waals surface area contributed by atoms with Crippen molar-refractivity contribution >= 4 is 18.1 Å². The maximum atomic E-state index is 12.3. The van der Waals surface area contributed by atoms with Crippen LogP contribution in [0, 0.1) is 0 Å². The molecule has 142 valence electrons. The maximum absolute atomic E-state index is 12.3. The number of nitrogens with zero attached hydrogens (tertiary/aromatic N) is 1. The summed E-state index contributed by atoms with van der Waals surface area (Å²) in [6, 6.07) is 7.61. The second-order valence-electron chi connectivity index (χ2n) is 6.74. The van der Waals surface area contributed by atoms with E-state index in [1.54, 1.807) is 20.8 Å². The van der Waals surface area contributed by atoms with Crippen LogP contribution < -0.4 is 11.1 Å². The predicted molar refractivity (Wildman–Crippen MR) is 90.6 cm³/mol. The number of hydrogen-bond acceptors (Lipinski definition) is 6. The van der Waals surface area contributed by atoms with Crippen LogP contribution in [0.2, 0.25) is 0 Å². The smallest absolute Gasteiger partial charge is 0.408 e. The molecule has 3 N–H and O–H groups in total. The van der Waals surface area contributed by atoms with Crippen molar-refractivity contribution in [3.8, 4) is 0 Å². The number of ether oxygens (including phenoxy) is 2. The summed E-state index contributed by atoms with van der Waals surface area (Å²) in [5.41, 5.74) is 5.13. The first kappa shape index (κ1) is 19.5. The first-order chi connectivity index (χ1) is 12.2. The molecule has 0 radical (unpaired) electrons. The highest BCUT2D eigenvalue weighted by molar-refractivity contribution is 5.91. The Hall–Kier alpha value is -2.81. The fraction of sp³-hybridized carbons (Fsp3) is 0.471. The summed E-state index contributed by atoms with van der Waals surface area (Å²) in [5.74, 6) is -0.468. The number of carbonyl (C=O) groups excluding carboxylic acids is 3. The Kier molecular flexibility index (Phi) is 6.04. The highest BCUT2D eigenvalue weighted by Crippen LogP contribution is 2.23. The molecule has 1 saturated heterocycles. The average molecular weight is 365 g/mol. The summed E-state index contributed by atoms with van der Waals surface area (Å²) >= 11 is 0. The fourth-order valence-electron chi connectivity index (χ4n) is 2.32. The van der Waals surface area contributed by atoms with Crippen LogP contribution in [0.3, 0.4) is 0 Å². The summed E-state index contributed by atoms with van der Waals surface area (Å²) in [6.45, 7) is 5.06. The Morgan fingerprint density at radius 2 is 1.88 bits per heavy atom. The molecular weight excluding hydrogens is 342 g/mol. The van der Waals surface area contributed by atoms with E-state index in [1.807, 2.05) is 30.3 Å². The molecule has 1 aliphatic heterocycles. The Morgan fingerprint density at radius 1 is 1.23 bits per heavy atom. The highest BCUT2D eigenvalue weighted by atomic mass is 16.7. The van der Waals surface area contributed by atoms with Crippen LogP contribution in [0.1, 0.15) is 26.3 Å². The Labute approximate surface area is 151 Å². The molecule has 0 unspecified atom stereocenters. The normalized spacial score (nSPS) is 19.5. The van der Waals surface area contributed by atoms with Gasteiger partial charge in [0.05, 0.1) is 0 Å². The van der Waals surface area contributed by atoms with Crippen molar-refractivity contribution in [2.75, 3.05) is 6.61 Å². The molecule has 3 amide bonds. The third-order valence-corrected chi connectivity index (χ3v) is 3.45. The van der Waals surface area contributed by atoms with Gasteiger partial charge in [0.2, 0.25) is 0 Å². The van der Waals surface area contributed by atoms with E-state index >= 15 is 0 Å². The number of primary amides is 1. The van der Waals surface area contributed by atoms with E-state index in [4.69, 9.17) is 20.0 Å². The first-order valence-corrected chi connectivity index (χ1v) is 8.09. The number of amides is 3. The van der Waals surface area contributed by atoms with Crippen molar-refractivity contribution in [3.05, 3.63) is 35.9 Å². The van der Waals surface area contributed by atoms with E-state index < -0.39 is 35.8 Å². The molecule has 2 atom stereocenters. The maximum Gasteiger partial charge on any atom is 0.408 e. The van der Waals surface area contributed by atoms with Gasteiger partial charge in [-0.2, -0.15) is 0 Å². The molecule has 1 heterocycles. The lowest BCUT2D eigenvalue weighted by molar-refractivity contribution is -0.244. The molecule has 1 fully saturated rings. The lowest BCUT2D eigenvalue weighted by Crippen LogP contribution is -2.72. The molecule has 0 aromatic heterocycles. The van der Waals surface area contributed by atoms with Crippen LogP contribution in [0.4, 0.5) is 9.59 Å². The second-order valence-corrected chi connectivity index (χ2v) is 6.74. The number of β-lactam (4-membered cyclic amide) rings is 1. The summed E-state index contributed by atoms with van der Waals surface area (Å²) in [5, 5.41) is 3.53. The topological polar surface area (TPSA) is 120 Å². The number of carbonyl (C=O) groups is 3. The van der Waals surface area contributed by atoms with Crippen LogP contribution in [0.15, 0.2) is 30.3 Å². The monoisotopic (exact) mass is 365 g/mol. The predicted octanol–water partition coefficient (Wildman–Crippen LogP) is 1.32. The number of hydrogen-bond donors (Lipinski definition) is 2. The van der Waals surface area contributed by atoms with Gasteiger partial charge in [0.15, 0.2) is 0 Å². The molecule has 1 aliphatic rings. The Balaban J connectivity index is 1.98. The molecule has 0 aliphatic carbocycles. The SMILES string of the molecule is CC(C)(C)OC(=O)N[C@H]1C(=O)N(OCc2ccccc2)[C@@H]1COC(N)=O. The molecule has 1 aromatic carbocycles. The summed E-state index contributed by atoms with van der Waals surface area (Å²) in [4.78, 5) is 40.6. The van der Waals surface area contributed by atoms with Crippen LogP contribution in [0.25, 0.3) is 0 Å². The molecule has 0 bridgehead atoms. The van der Waals surface area contributed by atoms with Gasteiger partial charge in [-0.15, -0.1) is 0 Å². The summed E-state index contributed by atoms with van der Waals surface area (Å²) in [7, 11) is 0. The van der Waals surface area contributed by atoms with Crippen molar-refractivity contribution in [1.82, 2.24) is 10.4 Å². The van der Waals surface area contributed by atoms with E-state index in [0.717, 1.165) is 10.6 Å². The van der Waals surface area contributed by atoms with Gasteiger partial charge >= 0.3 is 12.2 Å². The minimum absolute atomic E-state index is 0.152. The third kappa shape index (κ3) is 5.35. The minimum atomic E-state index is -0.983. The molecule has 9 nitrogen and oxygen atoms in total. The zero-order valence-electron chi connectivity index (χ0n) is 14.9. The van der Waals surface area contributed by atoms with Crippen LogP contribution in [-0.4, -0.2) is 47.4 Å².